The maximum absolute atomic E-state index is 13.0. The van der Waals surface area contributed by atoms with Crippen LogP contribution in [0.25, 0.3) is 0 Å². The Morgan fingerprint density at radius 2 is 2.03 bits per heavy atom. The number of hydrogen-bond donors (Lipinski definition) is 3. The van der Waals surface area contributed by atoms with E-state index in [1.54, 1.807) is 18.2 Å². The number of imide groups is 2. The van der Waals surface area contributed by atoms with Gasteiger partial charge in [0.25, 0.3) is 11.8 Å². The minimum atomic E-state index is -0.961. The van der Waals surface area contributed by atoms with Crippen molar-refractivity contribution in [2.75, 3.05) is 19.8 Å². The molecule has 1 aromatic carbocycles. The quantitative estimate of drug-likeness (QED) is 0.551. The van der Waals surface area contributed by atoms with Crippen LogP contribution in [0.3, 0.4) is 0 Å². The Morgan fingerprint density at radius 3 is 2.76 bits per heavy atom. The Kier molecular flexibility index (Phi) is 5.44. The number of nitrogens with zero attached hydrogens (tertiary/aromatic N) is 1. The monoisotopic (exact) mass is 400 g/mol. The molecule has 3 atom stereocenters. The molecule has 3 heterocycles. The van der Waals surface area contributed by atoms with Crippen molar-refractivity contribution in [3.05, 3.63) is 34.9 Å². The normalized spacial score (nSPS) is 25.3. The van der Waals surface area contributed by atoms with Crippen molar-refractivity contribution in [3.8, 4) is 0 Å². The second-order valence-corrected chi connectivity index (χ2v) is 7.71. The topological polar surface area (TPSA) is 131 Å². The van der Waals surface area contributed by atoms with Crippen LogP contribution in [0.15, 0.2) is 18.2 Å². The van der Waals surface area contributed by atoms with Crippen LogP contribution >= 0.6 is 0 Å². The lowest BCUT2D eigenvalue weighted by atomic mass is 9.99. The molecule has 3 aliphatic rings. The van der Waals surface area contributed by atoms with E-state index in [2.05, 4.69) is 10.6 Å². The summed E-state index contributed by atoms with van der Waals surface area (Å²) in [5, 5.41) is 5.47. The van der Waals surface area contributed by atoms with Crippen molar-refractivity contribution in [1.29, 1.82) is 0 Å². The van der Waals surface area contributed by atoms with Crippen molar-refractivity contribution < 1.29 is 23.9 Å². The molecule has 0 radical (unpaired) electrons. The van der Waals surface area contributed by atoms with E-state index in [0.717, 1.165) is 17.9 Å². The van der Waals surface area contributed by atoms with Gasteiger partial charge in [0.1, 0.15) is 6.04 Å². The molecule has 4 N–H and O–H groups in total. The lowest BCUT2D eigenvalue weighted by molar-refractivity contribution is -0.136. The van der Waals surface area contributed by atoms with E-state index in [4.69, 9.17) is 10.5 Å². The zero-order valence-corrected chi connectivity index (χ0v) is 16.0. The van der Waals surface area contributed by atoms with Crippen molar-refractivity contribution in [3.63, 3.8) is 0 Å². The summed E-state index contributed by atoms with van der Waals surface area (Å²) in [6, 6.07) is 4.09. The third kappa shape index (κ3) is 3.68. The first-order valence-electron chi connectivity index (χ1n) is 9.85. The predicted molar refractivity (Wildman–Crippen MR) is 102 cm³/mol. The molecule has 3 unspecified atom stereocenters. The number of nitrogens with two attached hydrogens (primary N) is 1. The molecule has 1 aromatic rings. The van der Waals surface area contributed by atoms with Gasteiger partial charge in [0.2, 0.25) is 11.8 Å². The number of hydrogen-bond acceptors (Lipinski definition) is 7. The summed E-state index contributed by atoms with van der Waals surface area (Å²) in [6.07, 6.45) is 1.18. The van der Waals surface area contributed by atoms with Gasteiger partial charge in [-0.15, -0.1) is 0 Å². The highest BCUT2D eigenvalue weighted by Crippen LogP contribution is 2.30. The molecular formula is C20H24N4O5. The molecule has 154 valence electrons. The SMILES string of the molecule is NC(CNCc1cccc2c1C(=O)N(C1CCC(=O)NC1=O)C2=O)C1CCOC1. The number of carbonyl (C=O) groups is 4. The molecule has 4 amide bonds. The molecule has 0 bridgehead atoms. The van der Waals surface area contributed by atoms with Crippen molar-refractivity contribution >= 4 is 23.6 Å². The minimum absolute atomic E-state index is 0.0495. The summed E-state index contributed by atoms with van der Waals surface area (Å²) in [6.45, 7) is 2.35. The van der Waals surface area contributed by atoms with Crippen LogP contribution in [0.2, 0.25) is 0 Å². The molecule has 2 fully saturated rings. The zero-order valence-electron chi connectivity index (χ0n) is 16.0. The summed E-state index contributed by atoms with van der Waals surface area (Å²) < 4.78 is 5.36. The predicted octanol–water partition coefficient (Wildman–Crippen LogP) is -0.459. The maximum atomic E-state index is 13.0. The van der Waals surface area contributed by atoms with Crippen molar-refractivity contribution in [1.82, 2.24) is 15.5 Å². The molecule has 0 saturated carbocycles. The summed E-state index contributed by atoms with van der Waals surface area (Å²) in [4.78, 5) is 50.4. The first-order chi connectivity index (χ1) is 14.0. The van der Waals surface area contributed by atoms with E-state index in [-0.39, 0.29) is 24.4 Å². The highest BCUT2D eigenvalue weighted by Gasteiger charge is 2.45. The van der Waals surface area contributed by atoms with Crippen molar-refractivity contribution in [2.45, 2.75) is 37.9 Å². The Labute approximate surface area is 167 Å². The van der Waals surface area contributed by atoms with Gasteiger partial charge in [-0.2, -0.15) is 0 Å². The molecular weight excluding hydrogens is 376 g/mol. The molecule has 29 heavy (non-hydrogen) atoms. The molecule has 0 spiro atoms. The largest absolute Gasteiger partial charge is 0.381 e. The molecule has 0 aromatic heterocycles. The molecule has 9 nitrogen and oxygen atoms in total. The first kappa shape index (κ1) is 19.7. The summed E-state index contributed by atoms with van der Waals surface area (Å²) in [5.41, 5.74) is 7.49. The van der Waals surface area contributed by atoms with E-state index >= 15 is 0 Å². The van der Waals surface area contributed by atoms with E-state index in [1.165, 1.54) is 0 Å². The van der Waals surface area contributed by atoms with Gasteiger partial charge in [-0.05, 0) is 24.5 Å². The summed E-state index contributed by atoms with van der Waals surface area (Å²) in [7, 11) is 0. The van der Waals surface area contributed by atoms with E-state index in [1.807, 2.05) is 0 Å². The van der Waals surface area contributed by atoms with Crippen LogP contribution in [0.5, 0.6) is 0 Å². The van der Waals surface area contributed by atoms with Crippen LogP contribution in [0, 0.1) is 5.92 Å². The van der Waals surface area contributed by atoms with Gasteiger partial charge in [-0.1, -0.05) is 12.1 Å². The zero-order chi connectivity index (χ0) is 20.5. The third-order valence-corrected chi connectivity index (χ3v) is 5.82. The van der Waals surface area contributed by atoms with Gasteiger partial charge in [0.05, 0.1) is 17.7 Å². The Hall–Kier alpha value is -2.62. The highest BCUT2D eigenvalue weighted by molar-refractivity contribution is 6.24. The van der Waals surface area contributed by atoms with Gasteiger partial charge in [-0.25, -0.2) is 0 Å². The van der Waals surface area contributed by atoms with E-state index in [0.29, 0.717) is 36.7 Å². The second-order valence-electron chi connectivity index (χ2n) is 7.71. The number of piperidine rings is 1. The van der Waals surface area contributed by atoms with Gasteiger partial charge < -0.3 is 15.8 Å². The van der Waals surface area contributed by atoms with Crippen LogP contribution in [-0.2, 0) is 20.9 Å². The highest BCUT2D eigenvalue weighted by atomic mass is 16.5. The van der Waals surface area contributed by atoms with E-state index in [9.17, 15) is 19.2 Å². The lowest BCUT2D eigenvalue weighted by Crippen LogP contribution is -2.54. The van der Waals surface area contributed by atoms with Crippen LogP contribution in [0.1, 0.15) is 45.5 Å². The third-order valence-electron chi connectivity index (χ3n) is 5.82. The molecule has 3 aliphatic heterocycles. The Bertz CT molecular complexity index is 864. The number of carbonyl (C=O) groups excluding carboxylic acids is 4. The first-order valence-corrected chi connectivity index (χ1v) is 9.85. The molecule has 4 rings (SSSR count). The van der Waals surface area contributed by atoms with Crippen molar-refractivity contribution in [2.24, 2.45) is 11.7 Å². The summed E-state index contributed by atoms with van der Waals surface area (Å²) >= 11 is 0. The number of amides is 4. The smallest absolute Gasteiger partial charge is 0.262 e. The average Bonchev–Trinajstić information content (AvgIpc) is 3.31. The minimum Gasteiger partial charge on any atom is -0.381 e. The van der Waals surface area contributed by atoms with Crippen LogP contribution in [0.4, 0.5) is 0 Å². The summed E-state index contributed by atoms with van der Waals surface area (Å²) in [5.74, 6) is -1.68. The Balaban J connectivity index is 1.47. The lowest BCUT2D eigenvalue weighted by Gasteiger charge is -2.27. The Morgan fingerprint density at radius 1 is 1.21 bits per heavy atom. The van der Waals surface area contributed by atoms with Crippen LogP contribution < -0.4 is 16.4 Å². The number of rotatable bonds is 6. The van der Waals surface area contributed by atoms with Gasteiger partial charge in [-0.3, -0.25) is 29.4 Å². The number of ether oxygens (including phenoxy) is 1. The van der Waals surface area contributed by atoms with Gasteiger partial charge >= 0.3 is 0 Å². The molecule has 2 saturated heterocycles. The number of nitrogens with one attached hydrogen (secondary N) is 2. The van der Waals surface area contributed by atoms with E-state index < -0.39 is 29.7 Å². The van der Waals surface area contributed by atoms with Gasteiger partial charge in [0, 0.05) is 38.1 Å². The fraction of sp³-hybridized carbons (Fsp3) is 0.500. The fourth-order valence-corrected chi connectivity index (χ4v) is 4.16. The van der Waals surface area contributed by atoms with Crippen LogP contribution in [-0.4, -0.2) is 60.4 Å². The molecule has 0 aliphatic carbocycles. The maximum Gasteiger partial charge on any atom is 0.262 e. The average molecular weight is 400 g/mol. The molecule has 9 heteroatoms. The number of benzene rings is 1. The fourth-order valence-electron chi connectivity index (χ4n) is 4.16. The second kappa shape index (κ2) is 8.02. The standard InChI is InChI=1S/C20H24N4O5/c21-14(12-6-7-29-10-12)9-22-8-11-2-1-3-13-17(11)20(28)24(19(13)27)15-4-5-16(25)23-18(15)26/h1-3,12,14-15,22H,4-10,21H2,(H,23,25,26). The van der Waals surface area contributed by atoms with Gasteiger partial charge in [0.15, 0.2) is 0 Å². The number of fused-ring (bicyclic) bond motifs is 1.